The van der Waals surface area contributed by atoms with E-state index in [9.17, 15) is 0 Å². The first-order chi connectivity index (χ1) is 13.8. The second-order valence-electron chi connectivity index (χ2n) is 6.68. The number of hydrogen-bond acceptors (Lipinski definition) is 4. The molecule has 0 spiro atoms. The number of nitrogens with zero attached hydrogens (tertiary/aromatic N) is 2. The molecule has 0 saturated carbocycles. The highest BCUT2D eigenvalue weighted by Gasteiger charge is 2.10. The van der Waals surface area contributed by atoms with Crippen molar-refractivity contribution in [2.75, 3.05) is 50.2 Å². The van der Waals surface area contributed by atoms with Crippen molar-refractivity contribution in [1.29, 1.82) is 0 Å². The molecular weight excluding hydrogens is 368 g/mol. The Morgan fingerprint density at radius 1 is 1.07 bits per heavy atom. The highest BCUT2D eigenvalue weighted by Crippen LogP contribution is 2.20. The lowest BCUT2D eigenvalue weighted by Gasteiger charge is -2.28. The summed E-state index contributed by atoms with van der Waals surface area (Å²) in [5, 5.41) is 6.77. The quantitative estimate of drug-likeness (QED) is 0.554. The summed E-state index contributed by atoms with van der Waals surface area (Å²) in [5.41, 5.74) is 3.77. The number of guanidine groups is 1. The first-order valence-electron chi connectivity index (χ1n) is 9.78. The van der Waals surface area contributed by atoms with Crippen molar-refractivity contribution in [3.63, 3.8) is 0 Å². The van der Waals surface area contributed by atoms with E-state index in [0.717, 1.165) is 44.3 Å². The largest absolute Gasteiger partial charge is 0.496 e. The van der Waals surface area contributed by atoms with Crippen molar-refractivity contribution in [2.24, 2.45) is 4.99 Å². The van der Waals surface area contributed by atoms with Crippen LogP contribution < -0.4 is 20.3 Å². The summed E-state index contributed by atoms with van der Waals surface area (Å²) >= 11 is 2.04. The lowest BCUT2D eigenvalue weighted by Crippen LogP contribution is -2.37. The third-order valence-electron chi connectivity index (χ3n) is 4.88. The van der Waals surface area contributed by atoms with Crippen molar-refractivity contribution in [3.8, 4) is 5.75 Å². The minimum Gasteiger partial charge on any atom is -0.496 e. The van der Waals surface area contributed by atoms with Gasteiger partial charge in [-0.3, -0.25) is 4.99 Å². The van der Waals surface area contributed by atoms with Crippen LogP contribution in [0.4, 0.5) is 5.69 Å². The summed E-state index contributed by atoms with van der Waals surface area (Å²) in [4.78, 5) is 6.78. The smallest absolute Gasteiger partial charge is 0.191 e. The molecule has 0 aromatic heterocycles. The van der Waals surface area contributed by atoms with Crippen LogP contribution >= 0.6 is 11.8 Å². The number of rotatable bonds is 7. The molecule has 0 radical (unpaired) electrons. The molecule has 5 nitrogen and oxygen atoms in total. The van der Waals surface area contributed by atoms with Gasteiger partial charge in [-0.1, -0.05) is 30.3 Å². The summed E-state index contributed by atoms with van der Waals surface area (Å²) in [5.74, 6) is 4.19. The summed E-state index contributed by atoms with van der Waals surface area (Å²) in [6, 6.07) is 17.0. The maximum Gasteiger partial charge on any atom is 0.191 e. The van der Waals surface area contributed by atoms with Crippen molar-refractivity contribution in [1.82, 2.24) is 10.6 Å². The van der Waals surface area contributed by atoms with Gasteiger partial charge < -0.3 is 20.3 Å². The number of aliphatic imine (C=N–C) groups is 1. The molecular formula is C22H30N4OS. The molecule has 28 heavy (non-hydrogen) atoms. The Kier molecular flexibility index (Phi) is 7.91. The third kappa shape index (κ3) is 5.83. The van der Waals surface area contributed by atoms with Gasteiger partial charge >= 0.3 is 0 Å². The Morgan fingerprint density at radius 2 is 1.82 bits per heavy atom. The van der Waals surface area contributed by atoms with Gasteiger partial charge in [0.2, 0.25) is 0 Å². The van der Waals surface area contributed by atoms with Crippen LogP contribution in [0, 0.1) is 0 Å². The molecule has 2 aromatic rings. The van der Waals surface area contributed by atoms with Crippen LogP contribution in [-0.2, 0) is 13.0 Å². The molecule has 1 heterocycles. The van der Waals surface area contributed by atoms with E-state index in [1.807, 2.05) is 30.0 Å². The molecule has 3 rings (SSSR count). The number of ether oxygens (including phenoxy) is 1. The second-order valence-corrected chi connectivity index (χ2v) is 7.91. The SMILES string of the molecule is CN=C(NCCc1ccccc1OC)NCc1ccc(N2CCSCC2)cc1. The van der Waals surface area contributed by atoms with E-state index in [2.05, 4.69) is 50.9 Å². The zero-order valence-electron chi connectivity index (χ0n) is 16.8. The number of hydrogen-bond donors (Lipinski definition) is 2. The average molecular weight is 399 g/mol. The number of benzene rings is 2. The predicted octanol–water partition coefficient (Wildman–Crippen LogP) is 3.16. The third-order valence-corrected chi connectivity index (χ3v) is 5.82. The number of anilines is 1. The maximum atomic E-state index is 5.41. The maximum absolute atomic E-state index is 5.41. The van der Waals surface area contributed by atoms with Gasteiger partial charge in [-0.15, -0.1) is 0 Å². The van der Waals surface area contributed by atoms with Crippen LogP contribution in [0.15, 0.2) is 53.5 Å². The summed E-state index contributed by atoms with van der Waals surface area (Å²) in [6.07, 6.45) is 0.882. The van der Waals surface area contributed by atoms with Crippen molar-refractivity contribution >= 4 is 23.4 Å². The van der Waals surface area contributed by atoms with Gasteiger partial charge in [0.1, 0.15) is 5.75 Å². The predicted molar refractivity (Wildman–Crippen MR) is 121 cm³/mol. The van der Waals surface area contributed by atoms with E-state index < -0.39 is 0 Å². The van der Waals surface area contributed by atoms with E-state index in [1.54, 1.807) is 14.2 Å². The average Bonchev–Trinajstić information content (AvgIpc) is 2.77. The van der Waals surface area contributed by atoms with Gasteiger partial charge in [-0.05, 0) is 35.7 Å². The van der Waals surface area contributed by atoms with E-state index in [4.69, 9.17) is 4.74 Å². The molecule has 0 aliphatic carbocycles. The molecule has 0 amide bonds. The lowest BCUT2D eigenvalue weighted by atomic mass is 10.1. The van der Waals surface area contributed by atoms with Gasteiger partial charge in [0.15, 0.2) is 5.96 Å². The summed E-state index contributed by atoms with van der Waals surface area (Å²) in [6.45, 7) is 3.84. The van der Waals surface area contributed by atoms with Crippen LogP contribution in [0.2, 0.25) is 0 Å². The number of methoxy groups -OCH3 is 1. The lowest BCUT2D eigenvalue weighted by molar-refractivity contribution is 0.409. The van der Waals surface area contributed by atoms with Crippen LogP contribution in [0.3, 0.4) is 0 Å². The molecule has 6 heteroatoms. The Balaban J connectivity index is 1.44. The molecule has 0 bridgehead atoms. The van der Waals surface area contributed by atoms with Crippen molar-refractivity contribution in [2.45, 2.75) is 13.0 Å². The molecule has 1 fully saturated rings. The van der Waals surface area contributed by atoms with Crippen molar-refractivity contribution in [3.05, 3.63) is 59.7 Å². The molecule has 2 N–H and O–H groups in total. The highest BCUT2D eigenvalue weighted by atomic mass is 32.2. The normalized spacial score (nSPS) is 14.6. The Morgan fingerprint density at radius 3 is 2.54 bits per heavy atom. The monoisotopic (exact) mass is 398 g/mol. The molecule has 1 aliphatic rings. The molecule has 2 aromatic carbocycles. The number of nitrogens with one attached hydrogen (secondary N) is 2. The van der Waals surface area contributed by atoms with Crippen LogP contribution in [0.1, 0.15) is 11.1 Å². The van der Waals surface area contributed by atoms with Crippen LogP contribution in [-0.4, -0.2) is 51.3 Å². The molecule has 1 aliphatic heterocycles. The Hall–Kier alpha value is -2.34. The fraction of sp³-hybridized carbons (Fsp3) is 0.409. The first-order valence-corrected chi connectivity index (χ1v) is 10.9. The first kappa shape index (κ1) is 20.4. The van der Waals surface area contributed by atoms with Gasteiger partial charge in [0.25, 0.3) is 0 Å². The van der Waals surface area contributed by atoms with Gasteiger partial charge in [0.05, 0.1) is 7.11 Å². The van der Waals surface area contributed by atoms with E-state index in [0.29, 0.717) is 0 Å². The highest BCUT2D eigenvalue weighted by molar-refractivity contribution is 7.99. The summed E-state index contributed by atoms with van der Waals surface area (Å²) in [7, 11) is 3.51. The molecule has 150 valence electrons. The van der Waals surface area contributed by atoms with Crippen LogP contribution in [0.25, 0.3) is 0 Å². The Labute approximate surface area is 172 Å². The van der Waals surface area contributed by atoms with Gasteiger partial charge in [0, 0.05) is 50.4 Å². The topological polar surface area (TPSA) is 48.9 Å². The number of thioether (sulfide) groups is 1. The zero-order chi connectivity index (χ0) is 19.6. The van der Waals surface area contributed by atoms with Crippen molar-refractivity contribution < 1.29 is 4.74 Å². The fourth-order valence-corrected chi connectivity index (χ4v) is 4.18. The van der Waals surface area contributed by atoms with Crippen LogP contribution in [0.5, 0.6) is 5.75 Å². The molecule has 0 atom stereocenters. The minimum absolute atomic E-state index is 0.754. The molecule has 0 unspecified atom stereocenters. The zero-order valence-corrected chi connectivity index (χ0v) is 17.6. The minimum atomic E-state index is 0.754. The Bertz CT molecular complexity index is 757. The summed E-state index contributed by atoms with van der Waals surface area (Å²) < 4.78 is 5.41. The second kappa shape index (κ2) is 10.9. The van der Waals surface area contributed by atoms with E-state index in [-0.39, 0.29) is 0 Å². The fourth-order valence-electron chi connectivity index (χ4n) is 3.28. The van der Waals surface area contributed by atoms with Gasteiger partial charge in [-0.2, -0.15) is 11.8 Å². The number of para-hydroxylation sites is 1. The molecule has 1 saturated heterocycles. The van der Waals surface area contributed by atoms with E-state index in [1.165, 1.54) is 28.3 Å². The standard InChI is InChI=1S/C22H30N4OS/c1-23-22(24-12-11-19-5-3-4-6-21(19)27-2)25-17-18-7-9-20(10-8-18)26-13-15-28-16-14-26/h3-10H,11-17H2,1-2H3,(H2,23,24,25). The van der Waals surface area contributed by atoms with E-state index >= 15 is 0 Å². The van der Waals surface area contributed by atoms with Gasteiger partial charge in [-0.25, -0.2) is 0 Å².